The van der Waals surface area contributed by atoms with E-state index in [2.05, 4.69) is 5.32 Å². The Bertz CT molecular complexity index is 215. The van der Waals surface area contributed by atoms with Gasteiger partial charge in [0.25, 0.3) is 0 Å². The first-order chi connectivity index (χ1) is 5.75. The Morgan fingerprint density at radius 3 is 2.92 bits per heavy atom. The molecule has 13 heavy (non-hydrogen) atoms. The Morgan fingerprint density at radius 1 is 1.69 bits per heavy atom. The van der Waals surface area contributed by atoms with Gasteiger partial charge in [0.05, 0.1) is 6.61 Å². The van der Waals surface area contributed by atoms with E-state index < -0.39 is 5.97 Å². The van der Waals surface area contributed by atoms with E-state index in [9.17, 15) is 9.90 Å². The van der Waals surface area contributed by atoms with Gasteiger partial charge in [-0.25, -0.2) is 4.79 Å². The molecule has 1 aliphatic rings. The third kappa shape index (κ3) is 3.14. The van der Waals surface area contributed by atoms with Crippen LogP contribution in [0.4, 0.5) is 0 Å². The lowest BCUT2D eigenvalue weighted by Crippen LogP contribution is -2.28. The van der Waals surface area contributed by atoms with Crippen molar-refractivity contribution in [3.05, 3.63) is 11.5 Å². The molecule has 5 heteroatoms. The Hall–Kier alpha value is -0.900. The van der Waals surface area contributed by atoms with Crippen LogP contribution >= 0.6 is 12.4 Å². The molecule has 0 aromatic carbocycles. The number of aliphatic hydroxyl groups is 1. The SMILES string of the molecule is CCOC(=O)C1=C(O)CCCN1.Cl. The smallest absolute Gasteiger partial charge is 0.357 e. The molecule has 1 aliphatic heterocycles. The number of hydrogen-bond donors (Lipinski definition) is 2. The maximum atomic E-state index is 11.1. The number of nitrogens with one attached hydrogen (secondary N) is 1. The second-order valence-corrected chi connectivity index (χ2v) is 2.57. The van der Waals surface area contributed by atoms with Crippen molar-refractivity contribution in [2.24, 2.45) is 0 Å². The molecule has 0 unspecified atom stereocenters. The first-order valence-electron chi connectivity index (χ1n) is 4.08. The summed E-state index contributed by atoms with van der Waals surface area (Å²) >= 11 is 0. The molecule has 0 aromatic heterocycles. The highest BCUT2D eigenvalue weighted by atomic mass is 35.5. The van der Waals surface area contributed by atoms with Crippen LogP contribution in [0.2, 0.25) is 0 Å². The summed E-state index contributed by atoms with van der Waals surface area (Å²) in [4.78, 5) is 11.1. The summed E-state index contributed by atoms with van der Waals surface area (Å²) in [5, 5.41) is 12.1. The predicted molar refractivity (Wildman–Crippen MR) is 50.8 cm³/mol. The summed E-state index contributed by atoms with van der Waals surface area (Å²) in [6.07, 6.45) is 1.41. The first-order valence-corrected chi connectivity index (χ1v) is 4.08. The van der Waals surface area contributed by atoms with Gasteiger partial charge >= 0.3 is 5.97 Å². The number of aliphatic hydroxyl groups excluding tert-OH is 1. The van der Waals surface area contributed by atoms with Gasteiger partial charge in [0.15, 0.2) is 5.70 Å². The third-order valence-electron chi connectivity index (χ3n) is 1.66. The summed E-state index contributed by atoms with van der Waals surface area (Å²) < 4.78 is 4.73. The van der Waals surface area contributed by atoms with Gasteiger partial charge in [0.2, 0.25) is 0 Å². The van der Waals surface area contributed by atoms with Crippen LogP contribution in [0.5, 0.6) is 0 Å². The van der Waals surface area contributed by atoms with Crippen LogP contribution in [0.3, 0.4) is 0 Å². The van der Waals surface area contributed by atoms with Crippen molar-refractivity contribution in [3.63, 3.8) is 0 Å². The molecule has 0 fully saturated rings. The Labute approximate surface area is 83.4 Å². The fraction of sp³-hybridized carbons (Fsp3) is 0.625. The number of hydrogen-bond acceptors (Lipinski definition) is 4. The van der Waals surface area contributed by atoms with Crippen molar-refractivity contribution in [2.45, 2.75) is 19.8 Å². The van der Waals surface area contributed by atoms with Gasteiger partial charge in [0, 0.05) is 13.0 Å². The fourth-order valence-corrected chi connectivity index (χ4v) is 1.09. The number of allylic oxidation sites excluding steroid dienone is 1. The van der Waals surface area contributed by atoms with Crippen molar-refractivity contribution in [1.29, 1.82) is 0 Å². The Kier molecular flexibility index (Phi) is 5.30. The maximum absolute atomic E-state index is 11.1. The minimum Gasteiger partial charge on any atom is -0.510 e. The summed E-state index contributed by atoms with van der Waals surface area (Å²) in [6, 6.07) is 0. The number of rotatable bonds is 2. The topological polar surface area (TPSA) is 58.6 Å². The molecule has 0 atom stereocenters. The van der Waals surface area contributed by atoms with E-state index in [4.69, 9.17) is 4.74 Å². The standard InChI is InChI=1S/C8H13NO3.ClH/c1-2-12-8(11)7-6(10)4-3-5-9-7;/h9-10H,2-5H2,1H3;1H. The second kappa shape index (κ2) is 5.70. The van der Waals surface area contributed by atoms with Crippen molar-refractivity contribution in [2.75, 3.05) is 13.2 Å². The quantitative estimate of drug-likeness (QED) is 0.667. The molecule has 0 amide bonds. The fourth-order valence-electron chi connectivity index (χ4n) is 1.09. The molecule has 1 heterocycles. The lowest BCUT2D eigenvalue weighted by molar-refractivity contribution is -0.139. The van der Waals surface area contributed by atoms with Crippen molar-refractivity contribution >= 4 is 18.4 Å². The molecule has 0 aromatic rings. The van der Waals surface area contributed by atoms with Gasteiger partial charge < -0.3 is 15.2 Å². The molecular formula is C8H14ClNO3. The van der Waals surface area contributed by atoms with Gasteiger partial charge in [-0.05, 0) is 13.3 Å². The van der Waals surface area contributed by atoms with Crippen LogP contribution in [0.15, 0.2) is 11.5 Å². The zero-order valence-electron chi connectivity index (χ0n) is 7.50. The van der Waals surface area contributed by atoms with Crippen LogP contribution in [0.25, 0.3) is 0 Å². The highest BCUT2D eigenvalue weighted by Crippen LogP contribution is 2.12. The van der Waals surface area contributed by atoms with E-state index in [0.29, 0.717) is 13.0 Å². The van der Waals surface area contributed by atoms with Gasteiger partial charge in [-0.3, -0.25) is 0 Å². The zero-order valence-corrected chi connectivity index (χ0v) is 8.32. The van der Waals surface area contributed by atoms with Crippen LogP contribution in [0, 0.1) is 0 Å². The number of halogens is 1. The number of carbonyl (C=O) groups is 1. The molecule has 0 spiro atoms. The highest BCUT2D eigenvalue weighted by molar-refractivity contribution is 5.88. The molecule has 0 aliphatic carbocycles. The van der Waals surface area contributed by atoms with Gasteiger partial charge in [-0.2, -0.15) is 0 Å². The van der Waals surface area contributed by atoms with Crippen LogP contribution in [0.1, 0.15) is 19.8 Å². The first kappa shape index (κ1) is 12.1. The van der Waals surface area contributed by atoms with E-state index in [1.54, 1.807) is 6.92 Å². The largest absolute Gasteiger partial charge is 0.510 e. The van der Waals surface area contributed by atoms with Crippen LogP contribution in [-0.4, -0.2) is 24.2 Å². The van der Waals surface area contributed by atoms with Crippen molar-refractivity contribution in [3.8, 4) is 0 Å². The number of carbonyl (C=O) groups excluding carboxylic acids is 1. The molecule has 0 saturated heterocycles. The minimum absolute atomic E-state index is 0. The van der Waals surface area contributed by atoms with Gasteiger partial charge in [-0.1, -0.05) is 0 Å². The second-order valence-electron chi connectivity index (χ2n) is 2.57. The lowest BCUT2D eigenvalue weighted by Gasteiger charge is -2.16. The van der Waals surface area contributed by atoms with Gasteiger partial charge in [-0.15, -0.1) is 12.4 Å². The Morgan fingerprint density at radius 2 is 2.38 bits per heavy atom. The molecule has 2 N–H and O–H groups in total. The van der Waals surface area contributed by atoms with Gasteiger partial charge in [0.1, 0.15) is 5.76 Å². The molecule has 4 nitrogen and oxygen atoms in total. The van der Waals surface area contributed by atoms with E-state index in [1.807, 2.05) is 0 Å². The molecule has 1 rings (SSSR count). The Balaban J connectivity index is 0.00000144. The number of ether oxygens (including phenoxy) is 1. The molecule has 0 saturated carbocycles. The average molecular weight is 208 g/mol. The molecule has 0 bridgehead atoms. The lowest BCUT2D eigenvalue weighted by atomic mass is 10.1. The summed E-state index contributed by atoms with van der Waals surface area (Å²) in [5.41, 5.74) is 0.225. The number of esters is 1. The normalized spacial score (nSPS) is 15.8. The molecule has 76 valence electrons. The van der Waals surface area contributed by atoms with Crippen molar-refractivity contribution < 1.29 is 14.6 Å². The monoisotopic (exact) mass is 207 g/mol. The molecule has 0 radical (unpaired) electrons. The van der Waals surface area contributed by atoms with E-state index in [1.165, 1.54) is 0 Å². The summed E-state index contributed by atoms with van der Waals surface area (Å²) in [6.45, 7) is 2.79. The van der Waals surface area contributed by atoms with Crippen LogP contribution in [-0.2, 0) is 9.53 Å². The zero-order chi connectivity index (χ0) is 8.97. The van der Waals surface area contributed by atoms with Crippen molar-refractivity contribution in [1.82, 2.24) is 5.32 Å². The van der Waals surface area contributed by atoms with E-state index >= 15 is 0 Å². The summed E-state index contributed by atoms with van der Waals surface area (Å²) in [5.74, 6) is -0.352. The predicted octanol–water partition coefficient (Wildman–Crippen LogP) is 1.12. The minimum atomic E-state index is -0.463. The molecular weight excluding hydrogens is 194 g/mol. The maximum Gasteiger partial charge on any atom is 0.357 e. The highest BCUT2D eigenvalue weighted by Gasteiger charge is 2.18. The van der Waals surface area contributed by atoms with E-state index in [-0.39, 0.29) is 23.9 Å². The summed E-state index contributed by atoms with van der Waals surface area (Å²) in [7, 11) is 0. The third-order valence-corrected chi connectivity index (χ3v) is 1.66. The van der Waals surface area contributed by atoms with E-state index in [0.717, 1.165) is 13.0 Å². The average Bonchev–Trinajstić information content (AvgIpc) is 2.05. The van der Waals surface area contributed by atoms with Crippen LogP contribution < -0.4 is 5.32 Å².